The predicted octanol–water partition coefficient (Wildman–Crippen LogP) is 3.95. The first-order valence-electron chi connectivity index (χ1n) is 10.3. The van der Waals surface area contributed by atoms with Crippen molar-refractivity contribution in [2.75, 3.05) is 26.2 Å². The van der Waals surface area contributed by atoms with Crippen molar-refractivity contribution in [1.82, 2.24) is 19.9 Å². The van der Waals surface area contributed by atoms with Crippen molar-refractivity contribution in [3.63, 3.8) is 0 Å². The third kappa shape index (κ3) is 3.23. The summed E-state index contributed by atoms with van der Waals surface area (Å²) in [5, 5.41) is 7.26. The molecule has 0 radical (unpaired) electrons. The van der Waals surface area contributed by atoms with E-state index in [0.717, 1.165) is 58.3 Å². The highest BCUT2D eigenvalue weighted by Gasteiger charge is 2.25. The number of piperazine rings is 1. The van der Waals surface area contributed by atoms with E-state index in [1.807, 2.05) is 49.1 Å². The van der Waals surface area contributed by atoms with E-state index in [4.69, 9.17) is 4.52 Å². The van der Waals surface area contributed by atoms with Crippen LogP contribution in [0.3, 0.4) is 0 Å². The average molecular weight is 400 g/mol. The molecule has 1 amide bonds. The van der Waals surface area contributed by atoms with Crippen LogP contribution in [0.15, 0.2) is 53.2 Å². The standard InChI is InChI=1S/C24H24N4O2/c1-16-22(17(2)30-26-16)15-27-10-12-28(13-11-27)24(29)21-14-18-6-3-4-7-19(18)20-8-5-9-25-23(20)21/h3-9,14H,10-13,15H2,1-2H3. The highest BCUT2D eigenvalue weighted by molar-refractivity contribution is 6.15. The van der Waals surface area contributed by atoms with Crippen molar-refractivity contribution in [3.05, 3.63) is 71.2 Å². The van der Waals surface area contributed by atoms with E-state index in [0.29, 0.717) is 18.7 Å². The number of hydrogen-bond donors (Lipinski definition) is 0. The number of amides is 1. The molecule has 0 N–H and O–H groups in total. The second-order valence-corrected chi connectivity index (χ2v) is 7.92. The fraction of sp³-hybridized carbons (Fsp3) is 0.292. The molecule has 6 heteroatoms. The van der Waals surface area contributed by atoms with E-state index in [1.165, 1.54) is 0 Å². The molecule has 30 heavy (non-hydrogen) atoms. The Morgan fingerprint density at radius 2 is 1.80 bits per heavy atom. The highest BCUT2D eigenvalue weighted by atomic mass is 16.5. The molecule has 3 heterocycles. The number of rotatable bonds is 3. The molecule has 0 atom stereocenters. The number of aryl methyl sites for hydroxylation is 2. The van der Waals surface area contributed by atoms with E-state index >= 15 is 0 Å². The van der Waals surface area contributed by atoms with Gasteiger partial charge in [0.15, 0.2) is 0 Å². The number of carbonyl (C=O) groups excluding carboxylic acids is 1. The fourth-order valence-electron chi connectivity index (χ4n) is 4.32. The molecule has 0 spiro atoms. The third-order valence-corrected chi connectivity index (χ3v) is 6.07. The van der Waals surface area contributed by atoms with Gasteiger partial charge in [0.2, 0.25) is 0 Å². The van der Waals surface area contributed by atoms with Gasteiger partial charge in [-0.1, -0.05) is 35.5 Å². The van der Waals surface area contributed by atoms with Crippen molar-refractivity contribution in [2.24, 2.45) is 0 Å². The molecule has 1 aliphatic rings. The SMILES string of the molecule is Cc1noc(C)c1CN1CCN(C(=O)c2cc3ccccc3c3cccnc23)CC1. The van der Waals surface area contributed by atoms with Gasteiger partial charge in [-0.3, -0.25) is 14.7 Å². The summed E-state index contributed by atoms with van der Waals surface area (Å²) in [6.07, 6.45) is 1.76. The molecule has 152 valence electrons. The largest absolute Gasteiger partial charge is 0.361 e. The number of nitrogens with zero attached hydrogens (tertiary/aromatic N) is 4. The topological polar surface area (TPSA) is 62.5 Å². The number of aromatic nitrogens is 2. The lowest BCUT2D eigenvalue weighted by Gasteiger charge is -2.34. The van der Waals surface area contributed by atoms with Gasteiger partial charge >= 0.3 is 0 Å². The van der Waals surface area contributed by atoms with E-state index in [-0.39, 0.29) is 5.91 Å². The van der Waals surface area contributed by atoms with Crippen molar-refractivity contribution in [3.8, 4) is 0 Å². The second-order valence-electron chi connectivity index (χ2n) is 7.92. The summed E-state index contributed by atoms with van der Waals surface area (Å²) in [6, 6.07) is 14.1. The first kappa shape index (κ1) is 18.8. The van der Waals surface area contributed by atoms with Crippen LogP contribution in [0.2, 0.25) is 0 Å². The van der Waals surface area contributed by atoms with E-state index < -0.39 is 0 Å². The Hall–Kier alpha value is -3.25. The van der Waals surface area contributed by atoms with Crippen LogP contribution in [0.25, 0.3) is 21.7 Å². The van der Waals surface area contributed by atoms with Crippen LogP contribution in [0, 0.1) is 13.8 Å². The zero-order valence-corrected chi connectivity index (χ0v) is 17.3. The molecule has 0 unspecified atom stereocenters. The van der Waals surface area contributed by atoms with Gasteiger partial charge in [0.25, 0.3) is 5.91 Å². The second kappa shape index (κ2) is 7.54. The van der Waals surface area contributed by atoms with Crippen LogP contribution in [0.1, 0.15) is 27.4 Å². The fourth-order valence-corrected chi connectivity index (χ4v) is 4.32. The smallest absolute Gasteiger partial charge is 0.256 e. The molecule has 0 saturated carbocycles. The quantitative estimate of drug-likeness (QED) is 0.487. The average Bonchev–Trinajstić information content (AvgIpc) is 3.10. The van der Waals surface area contributed by atoms with Crippen LogP contribution in [-0.4, -0.2) is 52.0 Å². The Morgan fingerprint density at radius 1 is 1.03 bits per heavy atom. The number of fused-ring (bicyclic) bond motifs is 3. The summed E-state index contributed by atoms with van der Waals surface area (Å²) in [5.41, 5.74) is 3.56. The lowest BCUT2D eigenvalue weighted by molar-refractivity contribution is 0.0629. The summed E-state index contributed by atoms with van der Waals surface area (Å²) in [6.45, 7) is 7.79. The summed E-state index contributed by atoms with van der Waals surface area (Å²) < 4.78 is 5.28. The van der Waals surface area contributed by atoms with Crippen LogP contribution in [-0.2, 0) is 6.54 Å². The molecule has 0 aliphatic carbocycles. The molecule has 1 saturated heterocycles. The van der Waals surface area contributed by atoms with Crippen LogP contribution < -0.4 is 0 Å². The lowest BCUT2D eigenvalue weighted by Crippen LogP contribution is -2.48. The third-order valence-electron chi connectivity index (χ3n) is 6.07. The van der Waals surface area contributed by atoms with Crippen molar-refractivity contribution in [2.45, 2.75) is 20.4 Å². The molecule has 1 fully saturated rings. The van der Waals surface area contributed by atoms with Gasteiger partial charge < -0.3 is 9.42 Å². The van der Waals surface area contributed by atoms with Gasteiger partial charge in [-0.05, 0) is 36.8 Å². The van der Waals surface area contributed by atoms with E-state index in [1.54, 1.807) is 6.20 Å². The molecular weight excluding hydrogens is 376 g/mol. The number of benzene rings is 2. The maximum absolute atomic E-state index is 13.4. The monoisotopic (exact) mass is 400 g/mol. The predicted molar refractivity (Wildman–Crippen MR) is 116 cm³/mol. The van der Waals surface area contributed by atoms with Gasteiger partial charge in [-0.15, -0.1) is 0 Å². The molecule has 6 nitrogen and oxygen atoms in total. The molecule has 5 rings (SSSR count). The minimum Gasteiger partial charge on any atom is -0.361 e. The Labute approximate surface area is 175 Å². The van der Waals surface area contributed by atoms with Gasteiger partial charge in [0.05, 0.1) is 16.8 Å². The van der Waals surface area contributed by atoms with Crippen molar-refractivity contribution >= 4 is 27.6 Å². The molecule has 2 aromatic heterocycles. The van der Waals surface area contributed by atoms with Crippen LogP contribution in [0.5, 0.6) is 0 Å². The highest BCUT2D eigenvalue weighted by Crippen LogP contribution is 2.28. The molecule has 0 bridgehead atoms. The Bertz CT molecular complexity index is 1220. The van der Waals surface area contributed by atoms with E-state index in [9.17, 15) is 4.79 Å². The molecular formula is C24H24N4O2. The zero-order chi connectivity index (χ0) is 20.7. The normalized spacial score (nSPS) is 15.2. The summed E-state index contributed by atoms with van der Waals surface area (Å²) in [7, 11) is 0. The van der Waals surface area contributed by atoms with Crippen LogP contribution in [0.4, 0.5) is 0 Å². The minimum atomic E-state index is 0.0569. The zero-order valence-electron chi connectivity index (χ0n) is 17.3. The molecule has 1 aliphatic heterocycles. The van der Waals surface area contributed by atoms with Crippen molar-refractivity contribution < 1.29 is 9.32 Å². The lowest BCUT2D eigenvalue weighted by atomic mass is 10.00. The van der Waals surface area contributed by atoms with Gasteiger partial charge in [0.1, 0.15) is 5.76 Å². The number of hydrogen-bond acceptors (Lipinski definition) is 5. The Kier molecular flexibility index (Phi) is 4.71. The van der Waals surface area contributed by atoms with Crippen LogP contribution >= 0.6 is 0 Å². The first-order valence-corrected chi connectivity index (χ1v) is 10.3. The van der Waals surface area contributed by atoms with Crippen molar-refractivity contribution in [1.29, 1.82) is 0 Å². The maximum atomic E-state index is 13.4. The maximum Gasteiger partial charge on any atom is 0.256 e. The Morgan fingerprint density at radius 3 is 2.57 bits per heavy atom. The Balaban J connectivity index is 1.39. The number of carbonyl (C=O) groups is 1. The number of pyridine rings is 1. The molecule has 4 aromatic rings. The van der Waals surface area contributed by atoms with Gasteiger partial charge in [-0.2, -0.15) is 0 Å². The minimum absolute atomic E-state index is 0.0569. The first-order chi connectivity index (χ1) is 14.6. The van der Waals surface area contributed by atoms with Gasteiger partial charge in [0, 0.05) is 49.9 Å². The summed E-state index contributed by atoms with van der Waals surface area (Å²) in [4.78, 5) is 22.3. The molecule has 2 aromatic carbocycles. The summed E-state index contributed by atoms with van der Waals surface area (Å²) in [5.74, 6) is 0.932. The summed E-state index contributed by atoms with van der Waals surface area (Å²) >= 11 is 0. The van der Waals surface area contributed by atoms with Gasteiger partial charge in [-0.25, -0.2) is 0 Å². The van der Waals surface area contributed by atoms with E-state index in [2.05, 4.69) is 27.2 Å².